The molecule has 0 amide bonds. The summed E-state index contributed by atoms with van der Waals surface area (Å²) in [5, 5.41) is 8.85. The predicted octanol–water partition coefficient (Wildman–Crippen LogP) is 5.71. The second-order valence-electron chi connectivity index (χ2n) is 6.73. The summed E-state index contributed by atoms with van der Waals surface area (Å²) in [5.41, 5.74) is -0.0954. The van der Waals surface area contributed by atoms with Crippen LogP contribution >= 0.6 is 0 Å². The number of hydrogen-bond acceptors (Lipinski definition) is 3. The zero-order valence-corrected chi connectivity index (χ0v) is 16.6. The third kappa shape index (κ3) is 8.24. The fourth-order valence-electron chi connectivity index (χ4n) is 2.79. The summed E-state index contributed by atoms with van der Waals surface area (Å²) in [6, 6.07) is 15.3. The van der Waals surface area contributed by atoms with Crippen molar-refractivity contribution >= 4 is 41.6 Å². The van der Waals surface area contributed by atoms with E-state index in [0.29, 0.717) is 17.1 Å². The molecule has 3 aromatic carbocycles. The Morgan fingerprint density at radius 1 is 0.939 bits per heavy atom. The van der Waals surface area contributed by atoms with Crippen LogP contribution in [0, 0.1) is 5.82 Å². The molecule has 4 nitrogen and oxygen atoms in total. The van der Waals surface area contributed by atoms with Crippen molar-refractivity contribution in [3.05, 3.63) is 95.3 Å². The molecule has 1 N–H and O–H groups in total. The first-order chi connectivity index (χ1) is 15.2. The van der Waals surface area contributed by atoms with Crippen LogP contribution in [-0.2, 0) is 17.4 Å². The number of hydrogen-bond donors (Lipinski definition) is 1. The molecule has 0 aliphatic carbocycles. The second kappa shape index (κ2) is 11.9. The van der Waals surface area contributed by atoms with Gasteiger partial charge in [-0.3, -0.25) is 4.79 Å². The van der Waals surface area contributed by atoms with E-state index in [9.17, 15) is 22.4 Å². The molecule has 0 aromatic heterocycles. The van der Waals surface area contributed by atoms with Crippen molar-refractivity contribution in [2.75, 3.05) is 6.61 Å². The molecule has 0 aliphatic heterocycles. The molecule has 0 spiro atoms. The number of alkyl halides is 3. The van der Waals surface area contributed by atoms with Gasteiger partial charge in [-0.05, 0) is 54.1 Å². The van der Waals surface area contributed by atoms with E-state index in [0.717, 1.165) is 18.2 Å². The summed E-state index contributed by atoms with van der Waals surface area (Å²) in [6.07, 6.45) is -1.53. The third-order valence-corrected chi connectivity index (χ3v) is 4.29. The summed E-state index contributed by atoms with van der Waals surface area (Å²) in [4.78, 5) is 10.8. The van der Waals surface area contributed by atoms with Gasteiger partial charge < -0.3 is 14.6 Å². The molecule has 0 bridgehead atoms. The molecule has 0 saturated heterocycles. The van der Waals surface area contributed by atoms with Crippen molar-refractivity contribution in [1.82, 2.24) is 0 Å². The Kier molecular flexibility index (Phi) is 9.52. The summed E-state index contributed by atoms with van der Waals surface area (Å²) >= 11 is 0. The predicted molar refractivity (Wildman–Crippen MR) is 117 cm³/mol. The van der Waals surface area contributed by atoms with E-state index in [1.807, 2.05) is 0 Å². The first-order valence-electron chi connectivity index (χ1n) is 9.45. The first-order valence-corrected chi connectivity index (χ1v) is 9.45. The van der Waals surface area contributed by atoms with Crippen molar-refractivity contribution in [3.63, 3.8) is 0 Å². The molecule has 33 heavy (non-hydrogen) atoms. The van der Waals surface area contributed by atoms with Crippen LogP contribution in [0.5, 0.6) is 17.2 Å². The van der Waals surface area contributed by atoms with Crippen LogP contribution < -0.4 is 9.47 Å². The molecule has 0 atom stereocenters. The van der Waals surface area contributed by atoms with E-state index >= 15 is 0 Å². The molecule has 0 aliphatic rings. The van der Waals surface area contributed by atoms with Crippen LogP contribution in [0.25, 0.3) is 6.08 Å². The van der Waals surface area contributed by atoms with Crippen LogP contribution in [0.15, 0.2) is 72.8 Å². The summed E-state index contributed by atoms with van der Waals surface area (Å²) < 4.78 is 62.7. The summed E-state index contributed by atoms with van der Waals surface area (Å²) in [6.45, 7) is 0.170. The van der Waals surface area contributed by atoms with E-state index in [2.05, 4.69) is 0 Å². The van der Waals surface area contributed by atoms with Gasteiger partial charge in [0.2, 0.25) is 0 Å². The van der Waals surface area contributed by atoms with Gasteiger partial charge in [-0.1, -0.05) is 24.3 Å². The Morgan fingerprint density at radius 3 is 2.27 bits per heavy atom. The number of carboxylic acids is 1. The Balaban J connectivity index is 0.00000385. The second-order valence-corrected chi connectivity index (χ2v) is 6.73. The fourth-order valence-corrected chi connectivity index (χ4v) is 2.79. The van der Waals surface area contributed by atoms with Crippen LogP contribution in [0.3, 0.4) is 0 Å². The number of benzene rings is 3. The van der Waals surface area contributed by atoms with E-state index < -0.39 is 29.9 Å². The number of carbonyl (C=O) groups is 1. The third-order valence-electron chi connectivity index (χ3n) is 4.29. The Hall–Kier alpha value is -2.81. The molecular formula is C24H19F4NaO4. The first kappa shape index (κ1) is 26.4. The van der Waals surface area contributed by atoms with Crippen LogP contribution in [0.2, 0.25) is 0 Å². The quantitative estimate of drug-likeness (QED) is 0.339. The number of rotatable bonds is 8. The minimum atomic E-state index is -4.37. The zero-order valence-electron chi connectivity index (χ0n) is 16.6. The van der Waals surface area contributed by atoms with Crippen molar-refractivity contribution in [2.24, 2.45) is 0 Å². The number of aliphatic carboxylic acids is 1. The molecule has 3 aromatic rings. The van der Waals surface area contributed by atoms with Crippen molar-refractivity contribution in [2.45, 2.75) is 12.6 Å². The molecule has 0 unspecified atom stereocenters. The number of carboxylic acid groups (broad SMARTS) is 1. The minimum absolute atomic E-state index is 0. The average molecular weight is 470 g/mol. The van der Waals surface area contributed by atoms with Gasteiger partial charge in [0.25, 0.3) is 0 Å². The van der Waals surface area contributed by atoms with E-state index in [4.69, 9.17) is 14.6 Å². The van der Waals surface area contributed by atoms with E-state index in [1.54, 1.807) is 36.4 Å². The summed E-state index contributed by atoms with van der Waals surface area (Å²) in [5.74, 6) is -0.617. The molecule has 168 valence electrons. The fraction of sp³-hybridized carbons (Fsp3) is 0.125. The SMILES string of the molecule is O=C(O)Cc1cc(Oc2cccc(OCC=Cc3ccc(C(F)(F)F)cc3)c2)ccc1F.[NaH]. The van der Waals surface area contributed by atoms with Crippen LogP contribution in [-0.4, -0.2) is 47.2 Å². The van der Waals surface area contributed by atoms with E-state index in [-0.39, 0.29) is 47.5 Å². The van der Waals surface area contributed by atoms with Crippen LogP contribution in [0.4, 0.5) is 17.6 Å². The topological polar surface area (TPSA) is 55.8 Å². The van der Waals surface area contributed by atoms with Gasteiger partial charge in [-0.25, -0.2) is 4.39 Å². The average Bonchev–Trinajstić information content (AvgIpc) is 2.73. The maximum absolute atomic E-state index is 13.7. The van der Waals surface area contributed by atoms with Gasteiger partial charge >= 0.3 is 41.7 Å². The zero-order chi connectivity index (χ0) is 23.1. The van der Waals surface area contributed by atoms with Gasteiger partial charge in [0.15, 0.2) is 0 Å². The standard InChI is InChI=1S/C24H18F4O4.Na.H/c25-22-11-10-21(13-17(22)14-23(29)30)32-20-5-1-4-19(15-20)31-12-2-3-16-6-8-18(9-7-16)24(26,27)28;;/h1-11,13,15H,12,14H2,(H,29,30);;. The Morgan fingerprint density at radius 2 is 1.61 bits per heavy atom. The van der Waals surface area contributed by atoms with Gasteiger partial charge in [0, 0.05) is 11.6 Å². The molecule has 0 radical (unpaired) electrons. The van der Waals surface area contributed by atoms with Gasteiger partial charge in [0.1, 0.15) is 29.7 Å². The molecule has 3 rings (SSSR count). The molecule has 9 heteroatoms. The number of halogens is 4. The Bertz CT molecular complexity index is 1110. The molecular weight excluding hydrogens is 451 g/mol. The monoisotopic (exact) mass is 470 g/mol. The van der Waals surface area contributed by atoms with Gasteiger partial charge in [-0.15, -0.1) is 0 Å². The molecule has 0 heterocycles. The van der Waals surface area contributed by atoms with Crippen molar-refractivity contribution in [3.8, 4) is 17.2 Å². The number of ether oxygens (including phenoxy) is 2. The normalized spacial score (nSPS) is 11.2. The molecule has 0 fully saturated rings. The van der Waals surface area contributed by atoms with Crippen molar-refractivity contribution in [1.29, 1.82) is 0 Å². The summed E-state index contributed by atoms with van der Waals surface area (Å²) in [7, 11) is 0. The Labute approximate surface area is 209 Å². The van der Waals surface area contributed by atoms with E-state index in [1.165, 1.54) is 24.3 Å². The van der Waals surface area contributed by atoms with Crippen molar-refractivity contribution < 1.29 is 36.9 Å². The van der Waals surface area contributed by atoms with Gasteiger partial charge in [-0.2, -0.15) is 13.2 Å². The molecule has 0 saturated carbocycles. The van der Waals surface area contributed by atoms with Gasteiger partial charge in [0.05, 0.1) is 12.0 Å². The maximum atomic E-state index is 13.7. The van der Waals surface area contributed by atoms with Crippen LogP contribution in [0.1, 0.15) is 16.7 Å².